The van der Waals surface area contributed by atoms with E-state index in [1.54, 1.807) is 11.8 Å². The van der Waals surface area contributed by atoms with E-state index in [-0.39, 0.29) is 5.91 Å². The van der Waals surface area contributed by atoms with Crippen molar-refractivity contribution in [3.05, 3.63) is 78.5 Å². The molecule has 3 aromatic rings. The zero-order valence-electron chi connectivity index (χ0n) is 19.0. The molecule has 1 amide bonds. The maximum atomic E-state index is 13.0. The molecular weight excluding hydrogens is 426 g/mol. The van der Waals surface area contributed by atoms with Crippen molar-refractivity contribution in [3.63, 3.8) is 0 Å². The van der Waals surface area contributed by atoms with Crippen LogP contribution in [0.25, 0.3) is 11.1 Å². The minimum Gasteiger partial charge on any atom is -0.320 e. The summed E-state index contributed by atoms with van der Waals surface area (Å²) in [6, 6.07) is 22.6. The number of piperidine rings is 2. The van der Waals surface area contributed by atoms with Crippen molar-refractivity contribution in [2.45, 2.75) is 43.2 Å². The number of nitrogens with one attached hydrogen (secondary N) is 1. The third-order valence-electron chi connectivity index (χ3n) is 6.94. The van der Waals surface area contributed by atoms with Crippen LogP contribution in [-0.4, -0.2) is 40.7 Å². The molecule has 3 heterocycles. The Balaban J connectivity index is 1.24. The maximum absolute atomic E-state index is 13.0. The summed E-state index contributed by atoms with van der Waals surface area (Å²) in [5.74, 6) is 1.67. The van der Waals surface area contributed by atoms with Gasteiger partial charge in [0, 0.05) is 23.6 Å². The number of fused-ring (bicyclic) bond motifs is 1. The van der Waals surface area contributed by atoms with Crippen LogP contribution in [0.3, 0.4) is 0 Å². The summed E-state index contributed by atoms with van der Waals surface area (Å²) in [5.41, 5.74) is 3.71. The molecule has 2 fully saturated rings. The van der Waals surface area contributed by atoms with E-state index in [4.69, 9.17) is 0 Å². The molecule has 2 atom stereocenters. The first kappa shape index (κ1) is 22.2. The SMILES string of the molecule is O=C(Nc1cccnc1SC[C@@H]1CCCN2CCCC[C@H]12)c1ccc(-c2ccccc2)cc1. The molecule has 4 nitrogen and oxygen atoms in total. The number of hydrogen-bond acceptors (Lipinski definition) is 4. The van der Waals surface area contributed by atoms with Gasteiger partial charge in [0.1, 0.15) is 5.03 Å². The van der Waals surface area contributed by atoms with Gasteiger partial charge in [0.2, 0.25) is 0 Å². The number of benzene rings is 2. The topological polar surface area (TPSA) is 45.2 Å². The van der Waals surface area contributed by atoms with E-state index in [0.29, 0.717) is 11.5 Å². The Labute approximate surface area is 200 Å². The van der Waals surface area contributed by atoms with E-state index in [1.807, 2.05) is 60.8 Å². The van der Waals surface area contributed by atoms with Gasteiger partial charge in [-0.05, 0) is 80.1 Å². The minimum absolute atomic E-state index is 0.0967. The molecule has 2 aliphatic rings. The van der Waals surface area contributed by atoms with E-state index >= 15 is 0 Å². The van der Waals surface area contributed by atoms with Crippen LogP contribution in [0.15, 0.2) is 78.0 Å². The van der Waals surface area contributed by atoms with Crippen LogP contribution in [0, 0.1) is 5.92 Å². The van der Waals surface area contributed by atoms with E-state index in [1.165, 1.54) is 45.2 Å². The summed E-state index contributed by atoms with van der Waals surface area (Å²) >= 11 is 1.79. The van der Waals surface area contributed by atoms with Crippen molar-refractivity contribution >= 4 is 23.4 Å². The molecule has 0 bridgehead atoms. The summed E-state index contributed by atoms with van der Waals surface area (Å²) in [7, 11) is 0. The largest absolute Gasteiger partial charge is 0.320 e. The molecule has 0 unspecified atom stereocenters. The molecular formula is C28H31N3OS. The van der Waals surface area contributed by atoms with Gasteiger partial charge in [0.15, 0.2) is 0 Å². The molecule has 0 saturated carbocycles. The van der Waals surface area contributed by atoms with E-state index in [9.17, 15) is 4.79 Å². The molecule has 1 aromatic heterocycles. The number of rotatable bonds is 6. The number of nitrogens with zero attached hydrogens (tertiary/aromatic N) is 2. The fourth-order valence-electron chi connectivity index (χ4n) is 5.20. The van der Waals surface area contributed by atoms with Crippen LogP contribution in [0.2, 0.25) is 0 Å². The van der Waals surface area contributed by atoms with E-state index < -0.39 is 0 Å². The highest BCUT2D eigenvalue weighted by atomic mass is 32.2. The van der Waals surface area contributed by atoms with Crippen LogP contribution in [0.4, 0.5) is 5.69 Å². The van der Waals surface area contributed by atoms with Gasteiger partial charge in [-0.25, -0.2) is 4.98 Å². The Kier molecular flexibility index (Phi) is 7.08. The number of carbonyl (C=O) groups is 1. The van der Waals surface area contributed by atoms with Gasteiger partial charge in [0.05, 0.1) is 5.69 Å². The molecule has 170 valence electrons. The zero-order chi connectivity index (χ0) is 22.5. The third-order valence-corrected chi connectivity index (χ3v) is 8.13. The van der Waals surface area contributed by atoms with E-state index in [2.05, 4.69) is 27.3 Å². The zero-order valence-corrected chi connectivity index (χ0v) is 19.8. The Bertz CT molecular complexity index is 1070. The van der Waals surface area contributed by atoms with Crippen molar-refractivity contribution < 1.29 is 4.79 Å². The first-order valence-electron chi connectivity index (χ1n) is 12.1. The van der Waals surface area contributed by atoms with Crippen LogP contribution in [-0.2, 0) is 0 Å². The van der Waals surface area contributed by atoms with E-state index in [0.717, 1.165) is 33.6 Å². The molecule has 0 radical (unpaired) electrons. The van der Waals surface area contributed by atoms with Crippen LogP contribution < -0.4 is 5.32 Å². The maximum Gasteiger partial charge on any atom is 0.255 e. The fraction of sp³-hybridized carbons (Fsp3) is 0.357. The number of hydrogen-bond donors (Lipinski definition) is 1. The lowest BCUT2D eigenvalue weighted by Crippen LogP contribution is -2.48. The Morgan fingerprint density at radius 2 is 1.70 bits per heavy atom. The average molecular weight is 458 g/mol. The second-order valence-electron chi connectivity index (χ2n) is 9.07. The Morgan fingerprint density at radius 1 is 0.909 bits per heavy atom. The highest BCUT2D eigenvalue weighted by Crippen LogP contribution is 2.35. The standard InChI is InChI=1S/C28H31N3OS/c32-27(23-15-13-22(14-16-23)21-8-2-1-3-9-21)30-25-11-6-17-29-28(25)33-20-24-10-7-19-31-18-5-4-12-26(24)31/h1-3,6,8-9,11,13-17,24,26H,4-5,7,10,12,18-20H2,(H,30,32)/t24-,26+/m0/s1. The second-order valence-corrected chi connectivity index (χ2v) is 10.1. The molecule has 2 saturated heterocycles. The summed E-state index contributed by atoms with van der Waals surface area (Å²) in [4.78, 5) is 20.3. The number of aromatic nitrogens is 1. The predicted molar refractivity (Wildman–Crippen MR) is 137 cm³/mol. The number of thioether (sulfide) groups is 1. The summed E-state index contributed by atoms with van der Waals surface area (Å²) in [6.07, 6.45) is 8.45. The van der Waals surface area contributed by atoms with Crippen molar-refractivity contribution in [1.29, 1.82) is 0 Å². The summed E-state index contributed by atoms with van der Waals surface area (Å²) in [6.45, 7) is 2.53. The number of carbonyl (C=O) groups excluding carboxylic acids is 1. The van der Waals surface area contributed by atoms with Gasteiger partial charge >= 0.3 is 0 Å². The van der Waals surface area contributed by atoms with Crippen molar-refractivity contribution in [3.8, 4) is 11.1 Å². The van der Waals surface area contributed by atoms with Crippen molar-refractivity contribution in [2.75, 3.05) is 24.2 Å². The Morgan fingerprint density at radius 3 is 2.55 bits per heavy atom. The lowest BCUT2D eigenvalue weighted by Gasteiger charge is -2.44. The lowest BCUT2D eigenvalue weighted by atomic mass is 9.85. The lowest BCUT2D eigenvalue weighted by molar-refractivity contribution is 0.0693. The molecule has 33 heavy (non-hydrogen) atoms. The van der Waals surface area contributed by atoms with Crippen LogP contribution in [0.5, 0.6) is 0 Å². The molecule has 5 rings (SSSR count). The Hall–Kier alpha value is -2.63. The molecule has 0 aliphatic carbocycles. The van der Waals surface area contributed by atoms with Gasteiger partial charge in [-0.1, -0.05) is 48.9 Å². The number of anilines is 1. The van der Waals surface area contributed by atoms with Gasteiger partial charge in [-0.15, -0.1) is 11.8 Å². The van der Waals surface area contributed by atoms with Gasteiger partial charge < -0.3 is 10.2 Å². The minimum atomic E-state index is -0.0967. The smallest absolute Gasteiger partial charge is 0.255 e. The molecule has 5 heteroatoms. The second kappa shape index (κ2) is 10.5. The molecule has 0 spiro atoms. The molecule has 2 aromatic carbocycles. The number of amides is 1. The molecule has 2 aliphatic heterocycles. The monoisotopic (exact) mass is 457 g/mol. The highest BCUT2D eigenvalue weighted by molar-refractivity contribution is 7.99. The normalized spacial score (nSPS) is 20.7. The third kappa shape index (κ3) is 5.31. The average Bonchev–Trinajstić information content (AvgIpc) is 2.89. The fourth-order valence-corrected chi connectivity index (χ4v) is 6.37. The van der Waals surface area contributed by atoms with Gasteiger partial charge in [0.25, 0.3) is 5.91 Å². The summed E-state index contributed by atoms with van der Waals surface area (Å²) in [5, 5.41) is 4.01. The summed E-state index contributed by atoms with van der Waals surface area (Å²) < 4.78 is 0. The quantitative estimate of drug-likeness (QED) is 0.438. The van der Waals surface area contributed by atoms with Crippen molar-refractivity contribution in [1.82, 2.24) is 9.88 Å². The molecule has 1 N–H and O–H groups in total. The predicted octanol–water partition coefficient (Wildman–Crippen LogP) is 6.36. The first-order chi connectivity index (χ1) is 16.3. The first-order valence-corrected chi connectivity index (χ1v) is 13.1. The highest BCUT2D eigenvalue weighted by Gasteiger charge is 2.33. The van der Waals surface area contributed by atoms with Crippen LogP contribution in [0.1, 0.15) is 42.5 Å². The number of pyridine rings is 1. The van der Waals surface area contributed by atoms with Crippen molar-refractivity contribution in [2.24, 2.45) is 5.92 Å². The van der Waals surface area contributed by atoms with Crippen LogP contribution >= 0.6 is 11.8 Å². The van der Waals surface area contributed by atoms with Gasteiger partial charge in [-0.3, -0.25) is 4.79 Å². The van der Waals surface area contributed by atoms with Gasteiger partial charge in [-0.2, -0.15) is 0 Å².